The number of nitrogens with zero attached hydrogens (tertiary/aromatic N) is 3. The second-order valence-corrected chi connectivity index (χ2v) is 20.6. The van der Waals surface area contributed by atoms with Crippen LogP contribution in [-0.4, -0.2) is 68.7 Å². The maximum absolute atomic E-state index is 15.2. The van der Waals surface area contributed by atoms with Crippen LogP contribution in [0.5, 0.6) is 5.75 Å². The molecule has 0 saturated carbocycles. The zero-order valence-corrected chi connectivity index (χ0v) is 33.2. The topological polar surface area (TPSA) is 99.6 Å². The Kier molecular flexibility index (Phi) is 10.4. The lowest BCUT2D eigenvalue weighted by Crippen LogP contribution is -2.52. The summed E-state index contributed by atoms with van der Waals surface area (Å²) in [6, 6.07) is 31.0. The number of methoxy groups -OCH3 is 1. The van der Waals surface area contributed by atoms with Crippen molar-refractivity contribution >= 4 is 64.5 Å². The van der Waals surface area contributed by atoms with Crippen molar-refractivity contribution in [3.05, 3.63) is 113 Å². The number of carbonyl (C=O) groups is 3. The minimum Gasteiger partial charge on any atom is -0.497 e. The first-order valence-corrected chi connectivity index (χ1v) is 22.1. The number of likely N-dealkylation sites (tertiary alicyclic amines) is 1. The molecule has 9 nitrogen and oxygen atoms in total. The second-order valence-electron chi connectivity index (χ2n) is 15.0. The van der Waals surface area contributed by atoms with Gasteiger partial charge in [-0.1, -0.05) is 83.6 Å². The third kappa shape index (κ3) is 6.51. The first-order chi connectivity index (χ1) is 25.5. The van der Waals surface area contributed by atoms with Crippen molar-refractivity contribution in [1.82, 2.24) is 4.90 Å². The molecular formula is C42H46BrN3O6Si. The molecule has 0 aromatic heterocycles. The molecule has 276 valence electrons. The summed E-state index contributed by atoms with van der Waals surface area (Å²) in [6.45, 7) is 7.58. The van der Waals surface area contributed by atoms with Gasteiger partial charge in [0.1, 0.15) is 5.75 Å². The fourth-order valence-electron chi connectivity index (χ4n) is 9.09. The van der Waals surface area contributed by atoms with Gasteiger partial charge in [-0.15, -0.1) is 0 Å². The van der Waals surface area contributed by atoms with Crippen molar-refractivity contribution in [2.24, 2.45) is 5.92 Å². The Morgan fingerprint density at radius 1 is 1.04 bits per heavy atom. The Bertz CT molecular complexity index is 1980. The molecule has 0 unspecified atom stereocenters. The van der Waals surface area contributed by atoms with E-state index in [1.807, 2.05) is 89.8 Å². The monoisotopic (exact) mass is 795 g/mol. The zero-order chi connectivity index (χ0) is 37.5. The molecule has 4 aromatic carbocycles. The first-order valence-electron chi connectivity index (χ1n) is 18.3. The SMILES string of the molecule is COc1ccc([Si](C)(C)[C@H]2[C@H](CC(=O)N3CCC[C@H]3CO)O[C@@]3(C(=O)N(Cc4ccc(N(C=O)c5ccccc5)cc4)c4ccc(Br)cc43)[C@@H]2C)cc1. The molecule has 0 aliphatic carbocycles. The van der Waals surface area contributed by atoms with Crippen LogP contribution in [0.1, 0.15) is 37.3 Å². The van der Waals surface area contributed by atoms with E-state index in [4.69, 9.17) is 9.47 Å². The average molecular weight is 797 g/mol. The van der Waals surface area contributed by atoms with E-state index in [0.29, 0.717) is 13.1 Å². The van der Waals surface area contributed by atoms with E-state index in [-0.39, 0.29) is 42.3 Å². The molecule has 1 N–H and O–H groups in total. The molecule has 3 aliphatic rings. The van der Waals surface area contributed by atoms with Crippen molar-refractivity contribution in [2.45, 2.75) is 69.1 Å². The van der Waals surface area contributed by atoms with Gasteiger partial charge in [0.15, 0.2) is 5.60 Å². The summed E-state index contributed by atoms with van der Waals surface area (Å²) < 4.78 is 13.5. The predicted molar refractivity (Wildman–Crippen MR) is 212 cm³/mol. The van der Waals surface area contributed by atoms with E-state index in [2.05, 4.69) is 48.1 Å². The molecule has 11 heteroatoms. The minimum atomic E-state index is -2.46. The Labute approximate surface area is 320 Å². The lowest BCUT2D eigenvalue weighted by molar-refractivity contribution is -0.150. The minimum absolute atomic E-state index is 0.0444. The lowest BCUT2D eigenvalue weighted by atomic mass is 9.82. The van der Waals surface area contributed by atoms with Crippen LogP contribution < -0.4 is 19.7 Å². The second kappa shape index (κ2) is 14.9. The van der Waals surface area contributed by atoms with Gasteiger partial charge in [0.05, 0.1) is 52.6 Å². The number of hydrogen-bond acceptors (Lipinski definition) is 6. The van der Waals surface area contributed by atoms with E-state index in [1.165, 1.54) is 5.19 Å². The van der Waals surface area contributed by atoms with Crippen molar-refractivity contribution in [2.75, 3.05) is 30.1 Å². The number of rotatable bonds is 11. The number of carbonyl (C=O) groups excluding carboxylic acids is 3. The molecule has 3 heterocycles. The van der Waals surface area contributed by atoms with Gasteiger partial charge >= 0.3 is 0 Å². The molecule has 3 aliphatic heterocycles. The Balaban J connectivity index is 1.25. The number of aliphatic hydroxyl groups is 1. The standard InChI is InChI=1S/C42H46BrN3O6Si/c1-28-40(53(3,4)35-19-17-34(51-2)18-20-35)38(24-39(49)44-22-8-11-33(44)26-47)52-42(28)36-23-30(43)14-21-37(36)45(41(42)50)25-29-12-15-32(16-13-29)46(27-48)31-9-6-5-7-10-31/h5-7,9-10,12-21,23,27-28,33,38,40,47H,8,11,22,24-26H2,1-4H3/t28-,33+,38+,40-,42+/m1/s1. The number of hydrogen-bond donors (Lipinski definition) is 1. The van der Waals surface area contributed by atoms with Crippen LogP contribution in [0, 0.1) is 5.92 Å². The summed E-state index contributed by atoms with van der Waals surface area (Å²) >= 11 is 3.68. The van der Waals surface area contributed by atoms with Gasteiger partial charge in [-0.25, -0.2) is 0 Å². The third-order valence-corrected chi connectivity index (χ3v) is 16.6. The fourth-order valence-corrected chi connectivity index (χ4v) is 13.5. The number of aliphatic hydroxyl groups excluding tert-OH is 1. The number of anilines is 3. The predicted octanol–water partition coefficient (Wildman–Crippen LogP) is 6.89. The smallest absolute Gasteiger partial charge is 0.264 e. The fraction of sp³-hybridized carbons (Fsp3) is 0.357. The normalized spacial score (nSPS) is 23.8. The van der Waals surface area contributed by atoms with Gasteiger partial charge in [-0.2, -0.15) is 0 Å². The van der Waals surface area contributed by atoms with Crippen LogP contribution in [0.25, 0.3) is 0 Å². The molecule has 0 radical (unpaired) electrons. The van der Waals surface area contributed by atoms with Gasteiger partial charge < -0.3 is 24.4 Å². The van der Waals surface area contributed by atoms with Crippen molar-refractivity contribution < 1.29 is 29.0 Å². The van der Waals surface area contributed by atoms with E-state index >= 15 is 4.79 Å². The van der Waals surface area contributed by atoms with Gasteiger partial charge in [0.25, 0.3) is 5.91 Å². The number of halogens is 1. The molecule has 3 amide bonds. The molecule has 5 atom stereocenters. The van der Waals surface area contributed by atoms with Gasteiger partial charge in [0.2, 0.25) is 12.3 Å². The number of amides is 3. The number of ether oxygens (including phenoxy) is 2. The van der Waals surface area contributed by atoms with Crippen LogP contribution >= 0.6 is 15.9 Å². The van der Waals surface area contributed by atoms with Gasteiger partial charge in [-0.05, 0) is 78.5 Å². The van der Waals surface area contributed by atoms with Crippen molar-refractivity contribution in [3.63, 3.8) is 0 Å². The number of benzene rings is 4. The van der Waals surface area contributed by atoms with Crippen LogP contribution in [0.2, 0.25) is 18.6 Å². The number of fused-ring (bicyclic) bond motifs is 2. The molecular weight excluding hydrogens is 750 g/mol. The largest absolute Gasteiger partial charge is 0.497 e. The van der Waals surface area contributed by atoms with Crippen LogP contribution in [0.15, 0.2) is 102 Å². The highest BCUT2D eigenvalue weighted by Crippen LogP contribution is 2.60. The lowest BCUT2D eigenvalue weighted by Gasteiger charge is -2.37. The summed E-state index contributed by atoms with van der Waals surface area (Å²) in [6.07, 6.45) is 2.04. The molecule has 1 spiro atoms. The molecule has 2 saturated heterocycles. The van der Waals surface area contributed by atoms with Crippen LogP contribution in [0.3, 0.4) is 0 Å². The first kappa shape index (κ1) is 37.0. The summed E-state index contributed by atoms with van der Waals surface area (Å²) in [5, 5.41) is 11.2. The molecule has 4 aromatic rings. The molecule has 7 rings (SSSR count). The molecule has 0 bridgehead atoms. The summed E-state index contributed by atoms with van der Waals surface area (Å²) in [5.74, 6) is 0.317. The van der Waals surface area contributed by atoms with E-state index < -0.39 is 19.8 Å². The van der Waals surface area contributed by atoms with E-state index in [1.54, 1.807) is 16.9 Å². The average Bonchev–Trinajstić information content (AvgIpc) is 3.83. The quantitative estimate of drug-likeness (QED) is 0.131. The van der Waals surface area contributed by atoms with E-state index in [9.17, 15) is 14.7 Å². The van der Waals surface area contributed by atoms with Crippen LogP contribution in [0.4, 0.5) is 17.1 Å². The maximum atomic E-state index is 15.2. The molecule has 2 fully saturated rings. The van der Waals surface area contributed by atoms with Crippen molar-refractivity contribution in [1.29, 1.82) is 0 Å². The zero-order valence-electron chi connectivity index (χ0n) is 30.6. The Morgan fingerprint density at radius 2 is 1.74 bits per heavy atom. The Hall–Kier alpha value is -4.29. The van der Waals surface area contributed by atoms with E-state index in [0.717, 1.165) is 57.7 Å². The van der Waals surface area contributed by atoms with Gasteiger partial charge in [-0.3, -0.25) is 19.3 Å². The summed E-state index contributed by atoms with van der Waals surface area (Å²) in [5.41, 5.74) is 2.55. The summed E-state index contributed by atoms with van der Waals surface area (Å²) in [7, 11) is -0.807. The maximum Gasteiger partial charge on any atom is 0.264 e. The van der Waals surface area contributed by atoms with Crippen molar-refractivity contribution in [3.8, 4) is 5.75 Å². The highest BCUT2D eigenvalue weighted by molar-refractivity contribution is 9.10. The molecule has 53 heavy (non-hydrogen) atoms. The summed E-state index contributed by atoms with van der Waals surface area (Å²) in [4.78, 5) is 46.5. The van der Waals surface area contributed by atoms with Gasteiger partial charge in [0, 0.05) is 33.9 Å². The highest BCUT2D eigenvalue weighted by atomic mass is 79.9. The number of para-hydroxylation sites is 1. The Morgan fingerprint density at radius 3 is 2.40 bits per heavy atom. The third-order valence-electron chi connectivity index (χ3n) is 11.8. The van der Waals surface area contributed by atoms with Crippen LogP contribution in [-0.2, 0) is 31.3 Å². The highest BCUT2D eigenvalue weighted by Gasteiger charge is 2.66.